The Bertz CT molecular complexity index is 679. The van der Waals surface area contributed by atoms with Gasteiger partial charge in [0.25, 0.3) is 5.91 Å². The van der Waals surface area contributed by atoms with Gasteiger partial charge in [-0.05, 0) is 19.1 Å². The number of amides is 1. The molecule has 2 rings (SSSR count). The second kappa shape index (κ2) is 5.61. The summed E-state index contributed by atoms with van der Waals surface area (Å²) in [5, 5.41) is 9.83. The zero-order valence-corrected chi connectivity index (χ0v) is 11.3. The maximum Gasteiger partial charge on any atom is 0.270 e. The first-order valence-electron chi connectivity index (χ1n) is 6.25. The van der Waals surface area contributed by atoms with E-state index in [1.54, 1.807) is 37.4 Å². The van der Waals surface area contributed by atoms with Crippen LogP contribution in [0.25, 0.3) is 0 Å². The van der Waals surface area contributed by atoms with Crippen LogP contribution in [-0.4, -0.2) is 27.9 Å². The molecule has 0 aliphatic heterocycles. The summed E-state index contributed by atoms with van der Waals surface area (Å²) in [6, 6.07) is 11.0. The summed E-state index contributed by atoms with van der Waals surface area (Å²) in [5.41, 5.74) is 0.559. The highest BCUT2D eigenvalue weighted by atomic mass is 16.3. The van der Waals surface area contributed by atoms with Gasteiger partial charge in [-0.25, -0.2) is 0 Å². The van der Waals surface area contributed by atoms with Gasteiger partial charge in [0, 0.05) is 18.7 Å². The molecule has 2 aromatic rings. The van der Waals surface area contributed by atoms with Crippen LogP contribution in [0.2, 0.25) is 0 Å². The van der Waals surface area contributed by atoms with E-state index in [0.29, 0.717) is 5.56 Å². The number of carbonyl (C=O) groups excluding carboxylic acids is 1. The SMILES string of the molecule is CC(c1ccccc1O)N(C)C(=O)c1cccc(=O)[nH]1. The molecule has 0 saturated heterocycles. The predicted octanol–water partition coefficient (Wildman–Crippen LogP) is 1.91. The highest BCUT2D eigenvalue weighted by Gasteiger charge is 2.21. The van der Waals surface area contributed by atoms with Gasteiger partial charge in [0.15, 0.2) is 0 Å². The lowest BCUT2D eigenvalue weighted by molar-refractivity contribution is 0.0735. The largest absolute Gasteiger partial charge is 0.508 e. The van der Waals surface area contributed by atoms with Gasteiger partial charge >= 0.3 is 0 Å². The van der Waals surface area contributed by atoms with Gasteiger partial charge in [0.05, 0.1) is 6.04 Å². The third-order valence-electron chi connectivity index (χ3n) is 3.29. The number of hydrogen-bond donors (Lipinski definition) is 2. The molecule has 0 radical (unpaired) electrons. The van der Waals surface area contributed by atoms with Crippen molar-refractivity contribution in [3.8, 4) is 5.75 Å². The number of aromatic hydroxyl groups is 1. The van der Waals surface area contributed by atoms with E-state index < -0.39 is 0 Å². The van der Waals surface area contributed by atoms with Crippen molar-refractivity contribution in [2.24, 2.45) is 0 Å². The fourth-order valence-corrected chi connectivity index (χ4v) is 1.99. The molecule has 0 aliphatic rings. The monoisotopic (exact) mass is 272 g/mol. The van der Waals surface area contributed by atoms with Crippen LogP contribution >= 0.6 is 0 Å². The number of aromatic amines is 1. The van der Waals surface area contributed by atoms with Gasteiger partial charge in [0.1, 0.15) is 11.4 Å². The van der Waals surface area contributed by atoms with Gasteiger partial charge in [-0.3, -0.25) is 9.59 Å². The molecule has 0 bridgehead atoms. The van der Waals surface area contributed by atoms with Crippen LogP contribution < -0.4 is 5.56 Å². The average Bonchev–Trinajstić information content (AvgIpc) is 2.45. The van der Waals surface area contributed by atoms with Gasteiger partial charge in [-0.1, -0.05) is 24.3 Å². The van der Waals surface area contributed by atoms with Crippen LogP contribution in [0, 0.1) is 0 Å². The smallest absolute Gasteiger partial charge is 0.270 e. The standard InChI is InChI=1S/C15H16N2O3/c1-10(11-6-3-4-8-13(11)18)17(2)15(20)12-7-5-9-14(19)16-12/h3-10,18H,1-2H3,(H,16,19). The maximum absolute atomic E-state index is 12.3. The molecule has 0 aliphatic carbocycles. The topological polar surface area (TPSA) is 73.4 Å². The highest BCUT2D eigenvalue weighted by Crippen LogP contribution is 2.27. The zero-order chi connectivity index (χ0) is 14.7. The summed E-state index contributed by atoms with van der Waals surface area (Å²) in [7, 11) is 1.63. The minimum atomic E-state index is -0.320. The third-order valence-corrected chi connectivity index (χ3v) is 3.29. The molecule has 1 aromatic carbocycles. The molecule has 2 N–H and O–H groups in total. The Hall–Kier alpha value is -2.56. The molecule has 1 amide bonds. The molecule has 1 atom stereocenters. The van der Waals surface area contributed by atoms with Gasteiger partial charge in [0.2, 0.25) is 5.56 Å². The second-order valence-corrected chi connectivity index (χ2v) is 4.58. The predicted molar refractivity (Wildman–Crippen MR) is 75.7 cm³/mol. The van der Waals surface area contributed by atoms with E-state index in [0.717, 1.165) is 0 Å². The lowest BCUT2D eigenvalue weighted by Crippen LogP contribution is -2.31. The second-order valence-electron chi connectivity index (χ2n) is 4.58. The first-order valence-corrected chi connectivity index (χ1v) is 6.25. The minimum Gasteiger partial charge on any atom is -0.508 e. The van der Waals surface area contributed by atoms with E-state index in [9.17, 15) is 14.7 Å². The van der Waals surface area contributed by atoms with Crippen molar-refractivity contribution >= 4 is 5.91 Å². The highest BCUT2D eigenvalue weighted by molar-refractivity contribution is 5.92. The van der Waals surface area contributed by atoms with Crippen molar-refractivity contribution in [2.45, 2.75) is 13.0 Å². The maximum atomic E-state index is 12.3. The van der Waals surface area contributed by atoms with E-state index in [4.69, 9.17) is 0 Å². The van der Waals surface area contributed by atoms with Crippen LogP contribution in [0.15, 0.2) is 47.3 Å². The van der Waals surface area contributed by atoms with E-state index in [2.05, 4.69) is 4.98 Å². The number of benzene rings is 1. The lowest BCUT2D eigenvalue weighted by Gasteiger charge is -2.25. The molecule has 5 heteroatoms. The molecule has 104 valence electrons. The normalized spacial score (nSPS) is 11.9. The van der Waals surface area contributed by atoms with E-state index in [1.165, 1.54) is 17.0 Å². The van der Waals surface area contributed by atoms with Crippen LogP contribution in [0.3, 0.4) is 0 Å². The number of carbonyl (C=O) groups is 1. The van der Waals surface area contributed by atoms with Crippen molar-refractivity contribution in [2.75, 3.05) is 7.05 Å². The van der Waals surface area contributed by atoms with Crippen LogP contribution in [0.5, 0.6) is 5.75 Å². The van der Waals surface area contributed by atoms with Crippen molar-refractivity contribution < 1.29 is 9.90 Å². The van der Waals surface area contributed by atoms with E-state index >= 15 is 0 Å². The fourth-order valence-electron chi connectivity index (χ4n) is 1.99. The number of aromatic nitrogens is 1. The molecule has 0 saturated carbocycles. The Morgan fingerprint density at radius 2 is 1.90 bits per heavy atom. The van der Waals surface area contributed by atoms with Crippen LogP contribution in [0.1, 0.15) is 29.0 Å². The molecule has 1 unspecified atom stereocenters. The molecule has 1 heterocycles. The van der Waals surface area contributed by atoms with Crippen molar-refractivity contribution in [3.63, 3.8) is 0 Å². The van der Waals surface area contributed by atoms with Crippen LogP contribution in [-0.2, 0) is 0 Å². The Balaban J connectivity index is 2.27. The summed E-state index contributed by atoms with van der Waals surface area (Å²) < 4.78 is 0. The quantitative estimate of drug-likeness (QED) is 0.896. The first-order chi connectivity index (χ1) is 9.50. The number of H-pyrrole nitrogens is 1. The minimum absolute atomic E-state index is 0.140. The Morgan fingerprint density at radius 3 is 2.55 bits per heavy atom. The number of rotatable bonds is 3. The number of phenolic OH excluding ortho intramolecular Hbond substituents is 1. The van der Waals surface area contributed by atoms with Gasteiger partial charge in [-0.15, -0.1) is 0 Å². The molecular formula is C15H16N2O3. The number of nitrogens with one attached hydrogen (secondary N) is 1. The van der Waals surface area contributed by atoms with Gasteiger partial charge in [-0.2, -0.15) is 0 Å². The summed E-state index contributed by atoms with van der Waals surface area (Å²) in [6.45, 7) is 1.81. The van der Waals surface area contributed by atoms with E-state index in [-0.39, 0.29) is 29.0 Å². The Morgan fingerprint density at radius 1 is 1.20 bits per heavy atom. The van der Waals surface area contributed by atoms with E-state index in [1.807, 2.05) is 6.92 Å². The van der Waals surface area contributed by atoms with Gasteiger partial charge < -0.3 is 15.0 Å². The Kier molecular flexibility index (Phi) is 3.89. The number of phenols is 1. The van der Waals surface area contributed by atoms with Crippen molar-refractivity contribution in [1.82, 2.24) is 9.88 Å². The number of hydrogen-bond acceptors (Lipinski definition) is 3. The molecule has 5 nitrogen and oxygen atoms in total. The average molecular weight is 272 g/mol. The van der Waals surface area contributed by atoms with Crippen molar-refractivity contribution in [3.05, 3.63) is 64.1 Å². The fraction of sp³-hybridized carbons (Fsp3) is 0.200. The molecule has 1 aromatic heterocycles. The molecule has 0 spiro atoms. The van der Waals surface area contributed by atoms with Crippen molar-refractivity contribution in [1.29, 1.82) is 0 Å². The third kappa shape index (κ3) is 2.71. The Labute approximate surface area is 116 Å². The number of pyridine rings is 1. The summed E-state index contributed by atoms with van der Waals surface area (Å²) in [5.74, 6) is -0.167. The molecular weight excluding hydrogens is 256 g/mol. The molecule has 0 fully saturated rings. The number of nitrogens with zero attached hydrogens (tertiary/aromatic N) is 1. The first kappa shape index (κ1) is 13.9. The zero-order valence-electron chi connectivity index (χ0n) is 11.3. The lowest BCUT2D eigenvalue weighted by atomic mass is 10.1. The summed E-state index contributed by atoms with van der Waals surface area (Å²) >= 11 is 0. The summed E-state index contributed by atoms with van der Waals surface area (Å²) in [4.78, 5) is 27.5. The number of para-hydroxylation sites is 1. The molecule has 20 heavy (non-hydrogen) atoms. The van der Waals surface area contributed by atoms with Crippen LogP contribution in [0.4, 0.5) is 0 Å². The summed E-state index contributed by atoms with van der Waals surface area (Å²) in [6.07, 6.45) is 0.